The number of rotatable bonds is 1. The van der Waals surface area contributed by atoms with E-state index in [1.54, 1.807) is 0 Å². The fourth-order valence-electron chi connectivity index (χ4n) is 1.92. The maximum absolute atomic E-state index is 5.88. The minimum absolute atomic E-state index is 0.567. The molecule has 0 unspecified atom stereocenters. The van der Waals surface area contributed by atoms with Crippen molar-refractivity contribution in [2.24, 2.45) is 5.73 Å². The molecule has 2 N–H and O–H groups in total. The van der Waals surface area contributed by atoms with Gasteiger partial charge in [0, 0.05) is 5.02 Å². The number of hydrogen-bond acceptors (Lipinski definition) is 1. The van der Waals surface area contributed by atoms with Gasteiger partial charge in [0.05, 0.1) is 0 Å². The van der Waals surface area contributed by atoms with E-state index >= 15 is 0 Å². The largest absolute Gasteiger partial charge is 0.330 e. The molecule has 0 saturated carbocycles. The molecule has 1 aromatic carbocycles. The lowest BCUT2D eigenvalue weighted by molar-refractivity contribution is 0.688. The molecule has 0 spiro atoms. The minimum Gasteiger partial charge on any atom is -0.330 e. The zero-order valence-electron chi connectivity index (χ0n) is 6.89. The van der Waals surface area contributed by atoms with Crippen LogP contribution in [0.1, 0.15) is 23.5 Å². The number of aryl methyl sites for hydroxylation is 1. The highest BCUT2D eigenvalue weighted by Crippen LogP contribution is 2.33. The molecule has 0 bridgehead atoms. The summed E-state index contributed by atoms with van der Waals surface area (Å²) in [5.74, 6) is 0.567. The van der Waals surface area contributed by atoms with Crippen LogP contribution in [0, 0.1) is 0 Å². The normalized spacial score (nSPS) is 21.0. The molecule has 12 heavy (non-hydrogen) atoms. The van der Waals surface area contributed by atoms with Crippen LogP contribution >= 0.6 is 11.6 Å². The molecule has 0 heterocycles. The number of fused-ring (bicyclic) bond motifs is 1. The van der Waals surface area contributed by atoms with Crippen molar-refractivity contribution in [1.82, 2.24) is 0 Å². The van der Waals surface area contributed by atoms with Crippen molar-refractivity contribution in [1.29, 1.82) is 0 Å². The summed E-state index contributed by atoms with van der Waals surface area (Å²) in [5, 5.41) is 0.839. The Morgan fingerprint density at radius 2 is 2.33 bits per heavy atom. The second-order valence-electron chi connectivity index (χ2n) is 3.31. The Morgan fingerprint density at radius 1 is 1.50 bits per heavy atom. The third-order valence-electron chi connectivity index (χ3n) is 2.59. The topological polar surface area (TPSA) is 26.0 Å². The third kappa shape index (κ3) is 1.23. The van der Waals surface area contributed by atoms with Gasteiger partial charge in [0.2, 0.25) is 0 Å². The van der Waals surface area contributed by atoms with Crippen molar-refractivity contribution < 1.29 is 0 Å². The SMILES string of the molecule is NC[C@H]1CCc2cc(Cl)ccc21. The number of hydrogen-bond donors (Lipinski definition) is 1. The van der Waals surface area contributed by atoms with E-state index in [1.807, 2.05) is 6.07 Å². The smallest absolute Gasteiger partial charge is 0.0408 e. The Balaban J connectivity index is 2.40. The van der Waals surface area contributed by atoms with Gasteiger partial charge < -0.3 is 5.73 Å². The predicted molar refractivity (Wildman–Crippen MR) is 51.6 cm³/mol. The number of benzene rings is 1. The molecule has 64 valence electrons. The van der Waals surface area contributed by atoms with Crippen molar-refractivity contribution in [2.45, 2.75) is 18.8 Å². The average molecular weight is 182 g/mol. The summed E-state index contributed by atoms with van der Waals surface area (Å²) < 4.78 is 0. The average Bonchev–Trinajstić information content (AvgIpc) is 2.46. The molecule has 1 aliphatic rings. The second kappa shape index (κ2) is 3.08. The molecule has 1 nitrogen and oxygen atoms in total. The summed E-state index contributed by atoms with van der Waals surface area (Å²) in [5.41, 5.74) is 8.45. The van der Waals surface area contributed by atoms with Gasteiger partial charge in [-0.15, -0.1) is 0 Å². The summed E-state index contributed by atoms with van der Waals surface area (Å²) in [6.45, 7) is 0.759. The predicted octanol–water partition coefficient (Wildman–Crippen LogP) is 2.33. The van der Waals surface area contributed by atoms with Gasteiger partial charge in [-0.2, -0.15) is 0 Å². The molecule has 0 aliphatic heterocycles. The van der Waals surface area contributed by atoms with Crippen LogP contribution in [-0.2, 0) is 6.42 Å². The molecular formula is C10H12ClN. The van der Waals surface area contributed by atoms with Gasteiger partial charge in [0.25, 0.3) is 0 Å². The molecule has 1 atom stereocenters. The van der Waals surface area contributed by atoms with Crippen molar-refractivity contribution in [3.05, 3.63) is 34.3 Å². The van der Waals surface area contributed by atoms with E-state index in [0.29, 0.717) is 5.92 Å². The van der Waals surface area contributed by atoms with Crippen molar-refractivity contribution in [3.63, 3.8) is 0 Å². The van der Waals surface area contributed by atoms with Crippen molar-refractivity contribution in [2.75, 3.05) is 6.54 Å². The lowest BCUT2D eigenvalue weighted by Gasteiger charge is -2.07. The summed E-state index contributed by atoms with van der Waals surface area (Å²) in [6.07, 6.45) is 2.32. The molecule has 0 amide bonds. The first-order valence-corrected chi connectivity index (χ1v) is 4.67. The molecule has 2 rings (SSSR count). The maximum atomic E-state index is 5.88. The first-order valence-electron chi connectivity index (χ1n) is 4.29. The van der Waals surface area contributed by atoms with Crippen LogP contribution < -0.4 is 5.73 Å². The van der Waals surface area contributed by atoms with Crippen LogP contribution in [-0.4, -0.2) is 6.54 Å². The first kappa shape index (κ1) is 8.09. The van der Waals surface area contributed by atoms with E-state index < -0.39 is 0 Å². The molecule has 0 aromatic heterocycles. The molecule has 2 heteroatoms. The fraction of sp³-hybridized carbons (Fsp3) is 0.400. The quantitative estimate of drug-likeness (QED) is 0.707. The molecule has 0 radical (unpaired) electrons. The highest BCUT2D eigenvalue weighted by Gasteiger charge is 2.20. The zero-order valence-corrected chi connectivity index (χ0v) is 7.64. The van der Waals surface area contributed by atoms with Crippen LogP contribution in [0.15, 0.2) is 18.2 Å². The van der Waals surface area contributed by atoms with Gasteiger partial charge in [-0.1, -0.05) is 17.7 Å². The summed E-state index contributed by atoms with van der Waals surface area (Å²) >= 11 is 5.88. The molecule has 0 fully saturated rings. The monoisotopic (exact) mass is 181 g/mol. The third-order valence-corrected chi connectivity index (χ3v) is 2.83. The Morgan fingerprint density at radius 3 is 3.08 bits per heavy atom. The zero-order chi connectivity index (χ0) is 8.55. The first-order chi connectivity index (χ1) is 5.81. The van der Waals surface area contributed by atoms with Crippen LogP contribution in [0.25, 0.3) is 0 Å². The standard InChI is InChI=1S/C10H12ClN/c11-9-3-4-10-7(5-9)1-2-8(10)6-12/h3-5,8H,1-2,6,12H2/t8-/m1/s1. The van der Waals surface area contributed by atoms with Crippen molar-refractivity contribution >= 4 is 11.6 Å². The van der Waals surface area contributed by atoms with E-state index in [4.69, 9.17) is 17.3 Å². The number of halogens is 1. The number of nitrogens with two attached hydrogens (primary N) is 1. The van der Waals surface area contributed by atoms with Crippen LogP contribution in [0.2, 0.25) is 5.02 Å². The lowest BCUT2D eigenvalue weighted by Crippen LogP contribution is -2.08. The van der Waals surface area contributed by atoms with E-state index in [-0.39, 0.29) is 0 Å². The second-order valence-corrected chi connectivity index (χ2v) is 3.75. The van der Waals surface area contributed by atoms with Gasteiger partial charge in [-0.05, 0) is 48.6 Å². The van der Waals surface area contributed by atoms with Crippen molar-refractivity contribution in [3.8, 4) is 0 Å². The van der Waals surface area contributed by atoms with E-state index in [1.165, 1.54) is 17.5 Å². The summed E-state index contributed by atoms with van der Waals surface area (Å²) in [4.78, 5) is 0. The minimum atomic E-state index is 0.567. The van der Waals surface area contributed by atoms with Gasteiger partial charge in [0.1, 0.15) is 0 Å². The fourth-order valence-corrected chi connectivity index (χ4v) is 2.11. The van der Waals surface area contributed by atoms with Crippen LogP contribution in [0.5, 0.6) is 0 Å². The van der Waals surface area contributed by atoms with Gasteiger partial charge in [-0.3, -0.25) is 0 Å². The van der Waals surface area contributed by atoms with E-state index in [0.717, 1.165) is 18.0 Å². The Bertz CT molecular complexity index is 296. The Labute approximate surface area is 77.5 Å². The van der Waals surface area contributed by atoms with E-state index in [2.05, 4.69) is 12.1 Å². The van der Waals surface area contributed by atoms with Crippen LogP contribution in [0.4, 0.5) is 0 Å². The lowest BCUT2D eigenvalue weighted by atomic mass is 10.0. The Hall–Kier alpha value is -0.530. The molecule has 1 aliphatic carbocycles. The Kier molecular flexibility index (Phi) is 2.07. The highest BCUT2D eigenvalue weighted by atomic mass is 35.5. The van der Waals surface area contributed by atoms with Gasteiger partial charge >= 0.3 is 0 Å². The molecule has 1 aromatic rings. The maximum Gasteiger partial charge on any atom is 0.0408 e. The highest BCUT2D eigenvalue weighted by molar-refractivity contribution is 6.30. The summed E-state index contributed by atoms with van der Waals surface area (Å²) in [6, 6.07) is 6.13. The van der Waals surface area contributed by atoms with Crippen LogP contribution in [0.3, 0.4) is 0 Å². The molecular weight excluding hydrogens is 170 g/mol. The van der Waals surface area contributed by atoms with Gasteiger partial charge in [-0.25, -0.2) is 0 Å². The van der Waals surface area contributed by atoms with E-state index in [9.17, 15) is 0 Å². The summed E-state index contributed by atoms with van der Waals surface area (Å²) in [7, 11) is 0. The molecule has 0 saturated heterocycles. The van der Waals surface area contributed by atoms with Gasteiger partial charge in [0.15, 0.2) is 0 Å².